The lowest BCUT2D eigenvalue weighted by Crippen LogP contribution is -2.31. The summed E-state index contributed by atoms with van der Waals surface area (Å²) < 4.78 is 7.17. The molecule has 1 aliphatic rings. The number of piperidine rings is 1. The Morgan fingerprint density at radius 1 is 1.23 bits per heavy atom. The lowest BCUT2D eigenvalue weighted by molar-refractivity contribution is -0.116. The number of methoxy groups -OCH3 is 1. The second kappa shape index (κ2) is 8.91. The van der Waals surface area contributed by atoms with Gasteiger partial charge in [0.2, 0.25) is 11.8 Å². The van der Waals surface area contributed by atoms with Gasteiger partial charge < -0.3 is 15.0 Å². The van der Waals surface area contributed by atoms with Crippen molar-refractivity contribution in [1.29, 1.82) is 0 Å². The molecule has 1 aliphatic heterocycles. The molecule has 1 saturated heterocycles. The summed E-state index contributed by atoms with van der Waals surface area (Å²) >= 11 is 0. The Morgan fingerprint density at radius 3 is 2.74 bits per heavy atom. The number of anilines is 2. The Kier molecular flexibility index (Phi) is 6.06. The first-order chi connectivity index (χ1) is 15.0. The van der Waals surface area contributed by atoms with Gasteiger partial charge in [-0.25, -0.2) is 14.6 Å². The first kappa shape index (κ1) is 21.1. The highest BCUT2D eigenvalue weighted by molar-refractivity contribution is 5.94. The number of nitrogens with one attached hydrogen (secondary N) is 1. The number of fused-ring (bicyclic) bond motifs is 1. The molecule has 8 nitrogen and oxygen atoms in total. The maximum atomic E-state index is 12.8. The summed E-state index contributed by atoms with van der Waals surface area (Å²) in [7, 11) is 3.47. The van der Waals surface area contributed by atoms with Crippen molar-refractivity contribution in [3.8, 4) is 5.88 Å². The molecule has 1 fully saturated rings. The highest BCUT2D eigenvalue weighted by Gasteiger charge is 2.20. The molecular weight excluding hydrogens is 392 g/mol. The molecule has 0 atom stereocenters. The van der Waals surface area contributed by atoms with Crippen LogP contribution in [0, 0.1) is 13.8 Å². The Bertz CT molecular complexity index is 1100. The van der Waals surface area contributed by atoms with Gasteiger partial charge in [0, 0.05) is 38.4 Å². The highest BCUT2D eigenvalue weighted by atomic mass is 16.5. The Hall–Kier alpha value is -3.16. The van der Waals surface area contributed by atoms with Crippen molar-refractivity contribution in [3.05, 3.63) is 35.2 Å². The van der Waals surface area contributed by atoms with E-state index in [2.05, 4.69) is 20.3 Å². The van der Waals surface area contributed by atoms with Crippen LogP contribution in [0.25, 0.3) is 11.0 Å². The van der Waals surface area contributed by atoms with E-state index in [0.29, 0.717) is 18.7 Å². The predicted octanol–water partition coefficient (Wildman–Crippen LogP) is 3.55. The van der Waals surface area contributed by atoms with Gasteiger partial charge >= 0.3 is 0 Å². The second-order valence-electron chi connectivity index (χ2n) is 8.10. The van der Waals surface area contributed by atoms with E-state index in [-0.39, 0.29) is 5.91 Å². The molecule has 0 aliphatic carbocycles. The quantitative estimate of drug-likeness (QED) is 0.654. The van der Waals surface area contributed by atoms with Crippen LogP contribution in [0.4, 0.5) is 11.5 Å². The van der Waals surface area contributed by atoms with Crippen LogP contribution >= 0.6 is 0 Å². The van der Waals surface area contributed by atoms with Crippen molar-refractivity contribution >= 4 is 28.4 Å². The van der Waals surface area contributed by atoms with Crippen LogP contribution in [0.15, 0.2) is 18.3 Å². The standard InChI is InChI=1S/C23H30N6O2/c1-15-17(16(2)25-22-20(15)23(31-4)27-28(22)3)10-11-19(30)26-18-9-8-12-24-21(18)29-13-6-5-7-14-29/h8-9,12H,5-7,10-11,13-14H2,1-4H3,(H,26,30). The molecule has 31 heavy (non-hydrogen) atoms. The van der Waals surface area contributed by atoms with Gasteiger partial charge in [-0.05, 0) is 62.8 Å². The molecule has 1 amide bonds. The summed E-state index contributed by atoms with van der Waals surface area (Å²) in [4.78, 5) is 24.3. The van der Waals surface area contributed by atoms with E-state index >= 15 is 0 Å². The summed E-state index contributed by atoms with van der Waals surface area (Å²) in [6.07, 6.45) is 6.33. The number of aromatic nitrogens is 4. The zero-order valence-corrected chi connectivity index (χ0v) is 18.7. The number of amides is 1. The normalized spacial score (nSPS) is 14.1. The van der Waals surface area contributed by atoms with Crippen molar-refractivity contribution in [1.82, 2.24) is 19.7 Å². The summed E-state index contributed by atoms with van der Waals surface area (Å²) in [5.74, 6) is 1.41. The Balaban J connectivity index is 1.51. The topological polar surface area (TPSA) is 85.2 Å². The third-order valence-electron chi connectivity index (χ3n) is 6.03. The van der Waals surface area contributed by atoms with Gasteiger partial charge in [-0.15, -0.1) is 5.10 Å². The molecule has 0 spiro atoms. The fourth-order valence-corrected chi connectivity index (χ4v) is 4.41. The molecule has 0 bridgehead atoms. The van der Waals surface area contributed by atoms with Gasteiger partial charge in [0.05, 0.1) is 18.2 Å². The summed E-state index contributed by atoms with van der Waals surface area (Å²) in [6.45, 7) is 5.99. The number of carbonyl (C=O) groups excluding carboxylic acids is 1. The van der Waals surface area contributed by atoms with Crippen LogP contribution in [0.1, 0.15) is 42.5 Å². The second-order valence-corrected chi connectivity index (χ2v) is 8.10. The van der Waals surface area contributed by atoms with E-state index in [0.717, 1.165) is 65.3 Å². The van der Waals surface area contributed by atoms with Crippen molar-refractivity contribution in [2.75, 3.05) is 30.4 Å². The van der Waals surface area contributed by atoms with Crippen LogP contribution < -0.4 is 15.0 Å². The number of nitrogens with zero attached hydrogens (tertiary/aromatic N) is 5. The molecule has 0 unspecified atom stereocenters. The molecule has 8 heteroatoms. The molecular formula is C23H30N6O2. The monoisotopic (exact) mass is 422 g/mol. The average Bonchev–Trinajstić information content (AvgIpc) is 3.10. The van der Waals surface area contributed by atoms with E-state index in [4.69, 9.17) is 9.72 Å². The van der Waals surface area contributed by atoms with Crippen LogP contribution in [0.5, 0.6) is 5.88 Å². The van der Waals surface area contributed by atoms with Crippen LogP contribution in [0.2, 0.25) is 0 Å². The third kappa shape index (κ3) is 4.19. The van der Waals surface area contributed by atoms with Gasteiger partial charge in [-0.1, -0.05) is 0 Å². The lowest BCUT2D eigenvalue weighted by Gasteiger charge is -2.29. The predicted molar refractivity (Wildman–Crippen MR) is 122 cm³/mol. The average molecular weight is 423 g/mol. The maximum absolute atomic E-state index is 12.8. The molecule has 0 saturated carbocycles. The number of ether oxygens (including phenoxy) is 1. The number of carbonyl (C=O) groups is 1. The summed E-state index contributed by atoms with van der Waals surface area (Å²) in [6, 6.07) is 3.79. The fraction of sp³-hybridized carbons (Fsp3) is 0.478. The third-order valence-corrected chi connectivity index (χ3v) is 6.03. The van der Waals surface area contributed by atoms with Gasteiger partial charge in [0.1, 0.15) is 0 Å². The van der Waals surface area contributed by atoms with Crippen LogP contribution in [-0.4, -0.2) is 45.9 Å². The van der Waals surface area contributed by atoms with E-state index in [9.17, 15) is 4.79 Å². The number of hydrogen-bond acceptors (Lipinski definition) is 6. The SMILES string of the molecule is COc1nn(C)c2nc(C)c(CCC(=O)Nc3cccnc3N3CCCCC3)c(C)c12. The van der Waals surface area contributed by atoms with E-state index in [1.165, 1.54) is 6.42 Å². The van der Waals surface area contributed by atoms with Crippen molar-refractivity contribution < 1.29 is 9.53 Å². The van der Waals surface area contributed by atoms with Crippen molar-refractivity contribution in [3.63, 3.8) is 0 Å². The molecule has 3 aromatic heterocycles. The number of hydrogen-bond donors (Lipinski definition) is 1. The number of aryl methyl sites for hydroxylation is 3. The first-order valence-electron chi connectivity index (χ1n) is 10.9. The minimum Gasteiger partial charge on any atom is -0.479 e. The Morgan fingerprint density at radius 2 is 2.00 bits per heavy atom. The number of rotatable bonds is 6. The van der Waals surface area contributed by atoms with Crippen LogP contribution in [0.3, 0.4) is 0 Å². The van der Waals surface area contributed by atoms with Gasteiger partial charge in [0.25, 0.3) is 0 Å². The van der Waals surface area contributed by atoms with E-state index in [1.54, 1.807) is 18.0 Å². The van der Waals surface area contributed by atoms with Crippen molar-refractivity contribution in [2.45, 2.75) is 46.0 Å². The van der Waals surface area contributed by atoms with E-state index < -0.39 is 0 Å². The molecule has 164 valence electrons. The van der Waals surface area contributed by atoms with Crippen molar-refractivity contribution in [2.24, 2.45) is 7.05 Å². The fourth-order valence-electron chi connectivity index (χ4n) is 4.41. The minimum absolute atomic E-state index is 0.0247. The maximum Gasteiger partial charge on any atom is 0.242 e. The largest absolute Gasteiger partial charge is 0.479 e. The minimum atomic E-state index is -0.0247. The number of pyridine rings is 2. The van der Waals surface area contributed by atoms with Gasteiger partial charge in [-0.3, -0.25) is 4.79 Å². The molecule has 3 aromatic rings. The Labute approximate surface area is 182 Å². The summed E-state index contributed by atoms with van der Waals surface area (Å²) in [5, 5.41) is 8.38. The van der Waals surface area contributed by atoms with Gasteiger partial charge in [0.15, 0.2) is 11.5 Å². The molecule has 0 aromatic carbocycles. The molecule has 4 heterocycles. The van der Waals surface area contributed by atoms with Crippen LogP contribution in [-0.2, 0) is 18.3 Å². The zero-order chi connectivity index (χ0) is 22.0. The highest BCUT2D eigenvalue weighted by Crippen LogP contribution is 2.31. The van der Waals surface area contributed by atoms with Gasteiger partial charge in [-0.2, -0.15) is 0 Å². The molecule has 1 N–H and O–H groups in total. The molecule has 4 rings (SSSR count). The zero-order valence-electron chi connectivity index (χ0n) is 18.7. The smallest absolute Gasteiger partial charge is 0.242 e. The van der Waals surface area contributed by atoms with E-state index in [1.807, 2.05) is 33.0 Å². The molecule has 0 radical (unpaired) electrons. The summed E-state index contributed by atoms with van der Waals surface area (Å²) in [5.41, 5.74) is 4.62. The first-order valence-corrected chi connectivity index (χ1v) is 10.9. The lowest BCUT2D eigenvalue weighted by atomic mass is 10.00.